The lowest BCUT2D eigenvalue weighted by atomic mass is 10.1. The molecule has 0 fully saturated rings. The zero-order valence-electron chi connectivity index (χ0n) is 5.49. The van der Waals surface area contributed by atoms with Gasteiger partial charge in [-0.05, 0) is 6.08 Å². The minimum atomic E-state index is -1.12. The van der Waals surface area contributed by atoms with E-state index in [1.807, 2.05) is 0 Å². The summed E-state index contributed by atoms with van der Waals surface area (Å²) >= 11 is 0. The Kier molecular flexibility index (Phi) is 1.47. The summed E-state index contributed by atoms with van der Waals surface area (Å²) in [5.41, 5.74) is 21.0. The van der Waals surface area contributed by atoms with Crippen LogP contribution < -0.4 is 22.9 Å². The first kappa shape index (κ1) is 7.20. The van der Waals surface area contributed by atoms with Gasteiger partial charge in [-0.2, -0.15) is 0 Å². The maximum absolute atomic E-state index is 5.46. The average molecular weight is 141 g/mol. The molecule has 1 aliphatic rings. The Morgan fingerprint density at radius 3 is 2.50 bits per heavy atom. The van der Waals surface area contributed by atoms with Crippen molar-refractivity contribution in [2.24, 2.45) is 27.9 Å². The van der Waals surface area contributed by atoms with E-state index in [2.05, 4.69) is 4.99 Å². The van der Waals surface area contributed by atoms with Gasteiger partial charge in [-0.1, -0.05) is 0 Å². The molecular weight excluding hydrogens is 130 g/mol. The first-order valence-corrected chi connectivity index (χ1v) is 2.88. The fourth-order valence-electron chi connectivity index (χ4n) is 0.655. The zero-order chi connectivity index (χ0) is 7.78. The molecule has 1 atom stereocenters. The van der Waals surface area contributed by atoms with E-state index in [0.29, 0.717) is 5.70 Å². The van der Waals surface area contributed by atoms with Crippen LogP contribution in [0, 0.1) is 0 Å². The highest BCUT2D eigenvalue weighted by atomic mass is 15.1. The molecule has 0 aromatic rings. The molecule has 0 saturated carbocycles. The highest BCUT2D eigenvalue weighted by Crippen LogP contribution is 2.05. The average Bonchev–Trinajstić information content (AvgIpc) is 1.81. The van der Waals surface area contributed by atoms with Gasteiger partial charge in [-0.25, -0.2) is 0 Å². The van der Waals surface area contributed by atoms with Gasteiger partial charge in [0.2, 0.25) is 0 Å². The molecule has 0 spiro atoms. The van der Waals surface area contributed by atoms with E-state index in [1.165, 1.54) is 12.3 Å². The first-order chi connectivity index (χ1) is 4.52. The third-order valence-electron chi connectivity index (χ3n) is 1.31. The van der Waals surface area contributed by atoms with Gasteiger partial charge in [0.1, 0.15) is 11.8 Å². The quantitative estimate of drug-likeness (QED) is 0.287. The molecule has 0 aliphatic carbocycles. The van der Waals surface area contributed by atoms with Gasteiger partial charge < -0.3 is 22.9 Å². The largest absolute Gasteiger partial charge is 0.399 e. The van der Waals surface area contributed by atoms with Gasteiger partial charge in [-0.3, -0.25) is 4.99 Å². The van der Waals surface area contributed by atoms with Gasteiger partial charge in [0.25, 0.3) is 0 Å². The van der Waals surface area contributed by atoms with Crippen molar-refractivity contribution in [1.82, 2.24) is 0 Å². The van der Waals surface area contributed by atoms with Crippen LogP contribution in [-0.2, 0) is 0 Å². The summed E-state index contributed by atoms with van der Waals surface area (Å²) in [7, 11) is 0. The molecule has 0 aromatic carbocycles. The fourth-order valence-corrected chi connectivity index (χ4v) is 0.655. The number of nitrogens with two attached hydrogens (primary N) is 4. The molecule has 0 aromatic heterocycles. The van der Waals surface area contributed by atoms with Crippen molar-refractivity contribution in [3.63, 3.8) is 0 Å². The van der Waals surface area contributed by atoms with Crippen LogP contribution in [0.25, 0.3) is 0 Å². The van der Waals surface area contributed by atoms with E-state index in [0.717, 1.165) is 0 Å². The van der Waals surface area contributed by atoms with Crippen LogP contribution in [0.15, 0.2) is 16.8 Å². The topological polar surface area (TPSA) is 116 Å². The third-order valence-corrected chi connectivity index (χ3v) is 1.31. The fraction of sp³-hybridized carbons (Fsp3) is 0.400. The molecular formula is C5H11N5. The minimum absolute atomic E-state index is 0.356. The molecule has 56 valence electrons. The molecule has 10 heavy (non-hydrogen) atoms. The van der Waals surface area contributed by atoms with Gasteiger partial charge in [0.15, 0.2) is 0 Å². The highest BCUT2D eigenvalue weighted by Gasteiger charge is 2.23. The SMILES string of the molecule is NC1=CC(N)N=CC1(N)N. The first-order valence-electron chi connectivity index (χ1n) is 2.88. The molecule has 5 heteroatoms. The molecule has 5 nitrogen and oxygen atoms in total. The van der Waals surface area contributed by atoms with E-state index in [9.17, 15) is 0 Å². The Balaban J connectivity index is 2.87. The maximum atomic E-state index is 5.46. The van der Waals surface area contributed by atoms with Crippen molar-refractivity contribution in [1.29, 1.82) is 0 Å². The number of nitrogens with zero attached hydrogens (tertiary/aromatic N) is 1. The zero-order valence-corrected chi connectivity index (χ0v) is 5.49. The van der Waals surface area contributed by atoms with Crippen LogP contribution in [-0.4, -0.2) is 18.0 Å². The van der Waals surface area contributed by atoms with Crippen molar-refractivity contribution < 1.29 is 0 Å². The van der Waals surface area contributed by atoms with Crippen LogP contribution in [0.3, 0.4) is 0 Å². The molecule has 1 rings (SSSR count). The van der Waals surface area contributed by atoms with E-state index in [1.54, 1.807) is 0 Å². The second kappa shape index (κ2) is 2.05. The predicted molar refractivity (Wildman–Crippen MR) is 39.8 cm³/mol. The lowest BCUT2D eigenvalue weighted by molar-refractivity contribution is 0.656. The Morgan fingerprint density at radius 1 is 1.50 bits per heavy atom. The number of dihydropyridines is 1. The number of rotatable bonds is 0. The Morgan fingerprint density at radius 2 is 2.10 bits per heavy atom. The van der Waals surface area contributed by atoms with Crippen LogP contribution in [0.2, 0.25) is 0 Å². The summed E-state index contributed by atoms with van der Waals surface area (Å²) < 4.78 is 0. The molecule has 0 amide bonds. The normalized spacial score (nSPS) is 29.9. The van der Waals surface area contributed by atoms with Crippen LogP contribution >= 0.6 is 0 Å². The van der Waals surface area contributed by atoms with Gasteiger partial charge in [0.05, 0.1) is 0 Å². The van der Waals surface area contributed by atoms with Gasteiger partial charge >= 0.3 is 0 Å². The summed E-state index contributed by atoms with van der Waals surface area (Å²) in [6.45, 7) is 0. The van der Waals surface area contributed by atoms with Gasteiger partial charge in [-0.15, -0.1) is 0 Å². The van der Waals surface area contributed by atoms with Crippen molar-refractivity contribution in [3.05, 3.63) is 11.8 Å². The second-order valence-electron chi connectivity index (χ2n) is 2.32. The molecule has 0 radical (unpaired) electrons. The van der Waals surface area contributed by atoms with E-state index in [4.69, 9.17) is 22.9 Å². The standard InChI is InChI=1S/C5H11N5/c6-3-1-4(7)10-2-5(3,8)9/h1-2,4H,6-9H2. The maximum Gasteiger partial charge on any atom is 0.141 e. The molecule has 0 saturated heterocycles. The summed E-state index contributed by atoms with van der Waals surface area (Å²) in [4.78, 5) is 3.78. The highest BCUT2D eigenvalue weighted by molar-refractivity contribution is 5.75. The molecule has 1 heterocycles. The molecule has 1 aliphatic heterocycles. The van der Waals surface area contributed by atoms with Gasteiger partial charge in [0, 0.05) is 11.9 Å². The monoisotopic (exact) mass is 141 g/mol. The van der Waals surface area contributed by atoms with Crippen LogP contribution in [0.4, 0.5) is 0 Å². The van der Waals surface area contributed by atoms with Crippen molar-refractivity contribution in [3.8, 4) is 0 Å². The molecule has 1 unspecified atom stereocenters. The lowest BCUT2D eigenvalue weighted by Gasteiger charge is -2.24. The Labute approximate surface area is 58.8 Å². The van der Waals surface area contributed by atoms with E-state index < -0.39 is 11.8 Å². The number of aliphatic imine (C=N–C) groups is 1. The van der Waals surface area contributed by atoms with Crippen molar-refractivity contribution in [2.45, 2.75) is 11.8 Å². The van der Waals surface area contributed by atoms with E-state index >= 15 is 0 Å². The van der Waals surface area contributed by atoms with Crippen molar-refractivity contribution >= 4 is 6.21 Å². The molecule has 8 N–H and O–H groups in total. The molecule has 0 bridgehead atoms. The lowest BCUT2D eigenvalue weighted by Crippen LogP contribution is -2.57. The smallest absolute Gasteiger partial charge is 0.141 e. The summed E-state index contributed by atoms with van der Waals surface area (Å²) in [6.07, 6.45) is 2.48. The van der Waals surface area contributed by atoms with Crippen molar-refractivity contribution in [2.75, 3.05) is 0 Å². The second-order valence-corrected chi connectivity index (χ2v) is 2.32. The summed E-state index contributed by atoms with van der Waals surface area (Å²) in [6, 6.07) is 0. The minimum Gasteiger partial charge on any atom is -0.399 e. The summed E-state index contributed by atoms with van der Waals surface area (Å²) in [5.74, 6) is 0. The Hall–Kier alpha value is -0.910. The predicted octanol–water partition coefficient (Wildman–Crippen LogP) is -2.19. The van der Waals surface area contributed by atoms with Crippen LogP contribution in [0.1, 0.15) is 0 Å². The summed E-state index contributed by atoms with van der Waals surface area (Å²) in [5, 5.41) is 0. The number of hydrogen-bond acceptors (Lipinski definition) is 5. The van der Waals surface area contributed by atoms with Crippen LogP contribution in [0.5, 0.6) is 0 Å². The third kappa shape index (κ3) is 1.15. The number of hydrogen-bond donors (Lipinski definition) is 4. The van der Waals surface area contributed by atoms with E-state index in [-0.39, 0.29) is 0 Å². The Bertz CT molecular complexity index is 192.